The Labute approximate surface area is 122 Å². The summed E-state index contributed by atoms with van der Waals surface area (Å²) in [7, 11) is 1.45. The van der Waals surface area contributed by atoms with E-state index in [1.54, 1.807) is 0 Å². The van der Waals surface area contributed by atoms with E-state index in [1.165, 1.54) is 26.4 Å². The van der Waals surface area contributed by atoms with Crippen LogP contribution in [0.15, 0.2) is 30.3 Å². The molecule has 1 N–H and O–H groups in total. The van der Waals surface area contributed by atoms with Crippen LogP contribution < -0.4 is 5.32 Å². The van der Waals surface area contributed by atoms with Crippen LogP contribution in [0.3, 0.4) is 0 Å². The number of para-hydroxylation sites is 1. The number of ether oxygens (including phenoxy) is 1. The number of rotatable bonds is 9. The maximum atomic E-state index is 12.1. The number of methoxy groups -OCH3 is 1. The van der Waals surface area contributed by atoms with Gasteiger partial charge in [-0.15, -0.1) is 0 Å². The molecule has 0 radical (unpaired) electrons. The summed E-state index contributed by atoms with van der Waals surface area (Å²) in [6.45, 7) is 4.13. The summed E-state index contributed by atoms with van der Waals surface area (Å²) in [4.78, 5) is 12.1. The van der Waals surface area contributed by atoms with Crippen LogP contribution in [0.1, 0.15) is 52.4 Å². The third-order valence-electron chi connectivity index (χ3n) is 3.61. The van der Waals surface area contributed by atoms with Gasteiger partial charge < -0.3 is 10.1 Å². The molecule has 1 aromatic carbocycles. The standard InChI is InChI=1S/C17H27NO2/c1-4-5-6-7-11-14-17(2,16(19)20-3)18-15-12-9-8-10-13-15/h8-10,12-13,18H,4-7,11,14H2,1-3H3. The van der Waals surface area contributed by atoms with Crippen molar-refractivity contribution in [1.29, 1.82) is 0 Å². The van der Waals surface area contributed by atoms with Crippen LogP contribution in [0.4, 0.5) is 5.69 Å². The normalized spacial score (nSPS) is 13.6. The van der Waals surface area contributed by atoms with Gasteiger partial charge in [0.15, 0.2) is 0 Å². The molecule has 0 heterocycles. The quantitative estimate of drug-likeness (QED) is 0.537. The predicted molar refractivity (Wildman–Crippen MR) is 83.9 cm³/mol. The number of hydrogen-bond donors (Lipinski definition) is 1. The summed E-state index contributed by atoms with van der Waals surface area (Å²) in [5, 5.41) is 3.32. The maximum Gasteiger partial charge on any atom is 0.331 e. The Kier molecular flexibility index (Phi) is 7.13. The fourth-order valence-electron chi connectivity index (χ4n) is 2.36. The molecule has 0 saturated heterocycles. The van der Waals surface area contributed by atoms with Crippen molar-refractivity contribution in [3.63, 3.8) is 0 Å². The van der Waals surface area contributed by atoms with Crippen LogP contribution in [0, 0.1) is 0 Å². The van der Waals surface area contributed by atoms with Gasteiger partial charge in [-0.3, -0.25) is 0 Å². The Hall–Kier alpha value is -1.51. The van der Waals surface area contributed by atoms with Gasteiger partial charge in [-0.2, -0.15) is 0 Å². The van der Waals surface area contributed by atoms with Crippen molar-refractivity contribution in [2.75, 3.05) is 12.4 Å². The highest BCUT2D eigenvalue weighted by molar-refractivity contribution is 5.83. The van der Waals surface area contributed by atoms with Crippen LogP contribution in [0.25, 0.3) is 0 Å². The lowest BCUT2D eigenvalue weighted by Crippen LogP contribution is -2.44. The number of carbonyl (C=O) groups is 1. The molecule has 1 atom stereocenters. The lowest BCUT2D eigenvalue weighted by molar-refractivity contribution is -0.145. The van der Waals surface area contributed by atoms with Crippen molar-refractivity contribution < 1.29 is 9.53 Å². The van der Waals surface area contributed by atoms with Crippen molar-refractivity contribution in [2.24, 2.45) is 0 Å². The van der Waals surface area contributed by atoms with E-state index in [0.717, 1.165) is 24.9 Å². The Balaban J connectivity index is 2.59. The molecule has 0 bridgehead atoms. The Morgan fingerprint density at radius 1 is 1.15 bits per heavy atom. The number of carbonyl (C=O) groups excluding carboxylic acids is 1. The molecule has 0 saturated carbocycles. The molecule has 112 valence electrons. The van der Waals surface area contributed by atoms with Gasteiger partial charge in [0.25, 0.3) is 0 Å². The van der Waals surface area contributed by atoms with E-state index in [0.29, 0.717) is 0 Å². The number of hydrogen-bond acceptors (Lipinski definition) is 3. The molecule has 1 unspecified atom stereocenters. The summed E-state index contributed by atoms with van der Waals surface area (Å²) in [5.41, 5.74) is 0.302. The SMILES string of the molecule is CCCCCCCC(C)(Nc1ccccc1)C(=O)OC. The first-order valence-corrected chi connectivity index (χ1v) is 7.54. The van der Waals surface area contributed by atoms with Crippen LogP contribution >= 0.6 is 0 Å². The maximum absolute atomic E-state index is 12.1. The minimum absolute atomic E-state index is 0.197. The van der Waals surface area contributed by atoms with E-state index < -0.39 is 5.54 Å². The van der Waals surface area contributed by atoms with Gasteiger partial charge in [0.05, 0.1) is 7.11 Å². The molecule has 0 aliphatic rings. The second-order valence-corrected chi connectivity index (χ2v) is 5.48. The molecule has 3 heteroatoms. The summed E-state index contributed by atoms with van der Waals surface area (Å²) in [6, 6.07) is 9.82. The topological polar surface area (TPSA) is 38.3 Å². The molecule has 0 spiro atoms. The highest BCUT2D eigenvalue weighted by Gasteiger charge is 2.33. The smallest absolute Gasteiger partial charge is 0.331 e. The van der Waals surface area contributed by atoms with E-state index in [2.05, 4.69) is 12.2 Å². The second kappa shape index (κ2) is 8.62. The zero-order valence-electron chi connectivity index (χ0n) is 12.9. The average molecular weight is 277 g/mol. The van der Waals surface area contributed by atoms with Gasteiger partial charge in [-0.1, -0.05) is 57.2 Å². The Morgan fingerprint density at radius 2 is 1.80 bits per heavy atom. The van der Waals surface area contributed by atoms with E-state index >= 15 is 0 Å². The minimum Gasteiger partial charge on any atom is -0.467 e. The van der Waals surface area contributed by atoms with E-state index in [1.807, 2.05) is 37.3 Å². The van der Waals surface area contributed by atoms with Crippen molar-refractivity contribution in [3.05, 3.63) is 30.3 Å². The molecule has 1 rings (SSSR count). The monoisotopic (exact) mass is 277 g/mol. The van der Waals surface area contributed by atoms with E-state index in [4.69, 9.17) is 4.74 Å². The van der Waals surface area contributed by atoms with Gasteiger partial charge in [-0.25, -0.2) is 4.79 Å². The van der Waals surface area contributed by atoms with Crippen molar-refractivity contribution in [1.82, 2.24) is 0 Å². The van der Waals surface area contributed by atoms with Crippen LogP contribution in [0.5, 0.6) is 0 Å². The highest BCUT2D eigenvalue weighted by Crippen LogP contribution is 2.23. The number of nitrogens with one attached hydrogen (secondary N) is 1. The molecular formula is C17H27NO2. The first-order valence-electron chi connectivity index (χ1n) is 7.54. The Morgan fingerprint density at radius 3 is 2.40 bits per heavy atom. The summed E-state index contributed by atoms with van der Waals surface area (Å²) in [6.07, 6.45) is 6.72. The molecule has 1 aromatic rings. The molecule has 0 fully saturated rings. The summed E-state index contributed by atoms with van der Waals surface area (Å²) in [5.74, 6) is -0.197. The van der Waals surface area contributed by atoms with Gasteiger partial charge in [0.1, 0.15) is 5.54 Å². The number of unbranched alkanes of at least 4 members (excludes halogenated alkanes) is 4. The first-order chi connectivity index (χ1) is 9.62. The lowest BCUT2D eigenvalue weighted by atomic mass is 9.93. The minimum atomic E-state index is -0.650. The fraction of sp³-hybridized carbons (Fsp3) is 0.588. The lowest BCUT2D eigenvalue weighted by Gasteiger charge is -2.29. The van der Waals surface area contributed by atoms with Crippen molar-refractivity contribution in [2.45, 2.75) is 57.9 Å². The fourth-order valence-corrected chi connectivity index (χ4v) is 2.36. The number of esters is 1. The van der Waals surface area contributed by atoms with Crippen LogP contribution in [0.2, 0.25) is 0 Å². The largest absolute Gasteiger partial charge is 0.467 e. The van der Waals surface area contributed by atoms with Gasteiger partial charge in [-0.05, 0) is 25.5 Å². The summed E-state index contributed by atoms with van der Waals surface area (Å²) >= 11 is 0. The third-order valence-corrected chi connectivity index (χ3v) is 3.61. The van der Waals surface area contributed by atoms with Crippen LogP contribution in [-0.4, -0.2) is 18.6 Å². The molecular weight excluding hydrogens is 250 g/mol. The molecule has 3 nitrogen and oxygen atoms in total. The third kappa shape index (κ3) is 5.24. The number of anilines is 1. The van der Waals surface area contributed by atoms with E-state index in [-0.39, 0.29) is 5.97 Å². The van der Waals surface area contributed by atoms with E-state index in [9.17, 15) is 4.79 Å². The van der Waals surface area contributed by atoms with Gasteiger partial charge in [0, 0.05) is 5.69 Å². The summed E-state index contributed by atoms with van der Waals surface area (Å²) < 4.78 is 4.96. The molecule has 20 heavy (non-hydrogen) atoms. The van der Waals surface area contributed by atoms with Crippen molar-refractivity contribution >= 4 is 11.7 Å². The number of benzene rings is 1. The highest BCUT2D eigenvalue weighted by atomic mass is 16.5. The average Bonchev–Trinajstić information content (AvgIpc) is 2.47. The van der Waals surface area contributed by atoms with Gasteiger partial charge in [0.2, 0.25) is 0 Å². The van der Waals surface area contributed by atoms with Crippen LogP contribution in [-0.2, 0) is 9.53 Å². The Bertz CT molecular complexity index is 391. The molecule has 0 amide bonds. The second-order valence-electron chi connectivity index (χ2n) is 5.48. The molecule has 0 aromatic heterocycles. The molecule has 0 aliphatic heterocycles. The zero-order chi connectivity index (χ0) is 14.8. The molecule has 0 aliphatic carbocycles. The van der Waals surface area contributed by atoms with Crippen molar-refractivity contribution in [3.8, 4) is 0 Å². The predicted octanol–water partition coefficient (Wildman–Crippen LogP) is 4.39. The first kappa shape index (κ1) is 16.5. The zero-order valence-corrected chi connectivity index (χ0v) is 12.9. The van der Waals surface area contributed by atoms with Gasteiger partial charge >= 0.3 is 5.97 Å².